The van der Waals surface area contributed by atoms with Crippen molar-refractivity contribution in [1.29, 1.82) is 0 Å². The van der Waals surface area contributed by atoms with E-state index in [0.717, 1.165) is 22.4 Å². The van der Waals surface area contributed by atoms with Crippen LogP contribution in [-0.4, -0.2) is 33.1 Å². The van der Waals surface area contributed by atoms with E-state index in [1.165, 1.54) is 33.6 Å². The van der Waals surface area contributed by atoms with Crippen molar-refractivity contribution in [3.63, 3.8) is 0 Å². The van der Waals surface area contributed by atoms with E-state index in [2.05, 4.69) is 62.2 Å². The number of nitrogens with zero attached hydrogens (tertiary/aromatic N) is 3. The summed E-state index contributed by atoms with van der Waals surface area (Å²) in [5.74, 6) is -0.242. The zero-order chi connectivity index (χ0) is 30.5. The average Bonchev–Trinajstić information content (AvgIpc) is 3.67. The van der Waals surface area contributed by atoms with Crippen LogP contribution in [0.3, 0.4) is 0 Å². The number of anilines is 1. The van der Waals surface area contributed by atoms with Crippen molar-refractivity contribution in [2.45, 2.75) is 68.7 Å². The molecule has 7 nitrogen and oxygen atoms in total. The number of benzene rings is 3. The first-order chi connectivity index (χ1) is 20.5. The van der Waals surface area contributed by atoms with Crippen LogP contribution in [0, 0.1) is 6.92 Å². The third kappa shape index (κ3) is 5.71. The second-order valence-electron chi connectivity index (χ2n) is 12.1. The Morgan fingerprint density at radius 1 is 1.05 bits per heavy atom. The van der Waals surface area contributed by atoms with Gasteiger partial charge in [0.05, 0.1) is 11.6 Å². The van der Waals surface area contributed by atoms with Gasteiger partial charge in [0.25, 0.3) is 5.78 Å². The van der Waals surface area contributed by atoms with E-state index >= 15 is 0 Å². The number of hydrogen-bond donors (Lipinski definition) is 1. The smallest absolute Gasteiger partial charge is 0.301 e. The molecule has 9 heteroatoms. The number of Topliss-reactive ketones (excluding diaryl/α,β-unsaturated/α-hetero) is 1. The number of aryl methyl sites for hydroxylation is 1. The number of hydrogen-bond acceptors (Lipinski definition) is 8. The zero-order valence-corrected chi connectivity index (χ0v) is 26.4. The lowest BCUT2D eigenvalue weighted by Crippen LogP contribution is -2.29. The van der Waals surface area contributed by atoms with Gasteiger partial charge in [-0.1, -0.05) is 98.0 Å². The number of aromatic nitrogens is 2. The zero-order valence-electron chi connectivity index (χ0n) is 24.7. The highest BCUT2D eigenvalue weighted by Gasteiger charge is 2.48. The van der Waals surface area contributed by atoms with Crippen LogP contribution in [0.1, 0.15) is 67.1 Å². The second kappa shape index (κ2) is 11.3. The van der Waals surface area contributed by atoms with Crippen molar-refractivity contribution < 1.29 is 19.4 Å². The van der Waals surface area contributed by atoms with Crippen molar-refractivity contribution in [3.05, 3.63) is 106 Å². The fraction of sp³-hybridized carbons (Fsp3) is 0.294. The van der Waals surface area contributed by atoms with Crippen molar-refractivity contribution in [3.8, 4) is 5.75 Å². The molecule has 3 aromatic carbocycles. The summed E-state index contributed by atoms with van der Waals surface area (Å²) in [5.41, 5.74) is 5.55. The number of ether oxygens (including phenoxy) is 1. The second-order valence-corrected chi connectivity index (χ2v) is 14.3. The molecule has 0 bridgehead atoms. The molecule has 0 spiro atoms. The molecule has 1 aromatic heterocycles. The minimum absolute atomic E-state index is 0.0319. The Kier molecular flexibility index (Phi) is 7.64. The summed E-state index contributed by atoms with van der Waals surface area (Å²) < 4.78 is 6.51. The molecule has 1 N–H and O–H groups in total. The van der Waals surface area contributed by atoms with Crippen LogP contribution in [-0.2, 0) is 27.2 Å². The number of carbonyl (C=O) groups excluding carboxylic acids is 2. The molecule has 3 heterocycles. The van der Waals surface area contributed by atoms with Gasteiger partial charge in [0, 0.05) is 17.7 Å². The summed E-state index contributed by atoms with van der Waals surface area (Å²) >= 11 is 2.79. The molecule has 2 aliphatic heterocycles. The van der Waals surface area contributed by atoms with Crippen molar-refractivity contribution >= 4 is 45.7 Å². The van der Waals surface area contributed by atoms with Gasteiger partial charge in [-0.2, -0.15) is 0 Å². The summed E-state index contributed by atoms with van der Waals surface area (Å²) in [7, 11) is 0. The molecular weight excluding hydrogens is 579 g/mol. The molecule has 4 aromatic rings. The van der Waals surface area contributed by atoms with E-state index in [0.29, 0.717) is 32.8 Å². The maximum atomic E-state index is 13.7. The van der Waals surface area contributed by atoms with E-state index in [1.807, 2.05) is 37.3 Å². The van der Waals surface area contributed by atoms with Crippen LogP contribution in [0.5, 0.6) is 5.75 Å². The number of rotatable bonds is 6. The summed E-state index contributed by atoms with van der Waals surface area (Å²) in [6, 6.07) is 20.7. The van der Waals surface area contributed by atoms with Crippen LogP contribution >= 0.6 is 23.1 Å². The van der Waals surface area contributed by atoms with Crippen LogP contribution in [0.4, 0.5) is 5.13 Å². The number of amides is 1. The first kappa shape index (κ1) is 29.1. The summed E-state index contributed by atoms with van der Waals surface area (Å²) in [6.07, 6.45) is 0.741. The highest BCUT2D eigenvalue weighted by molar-refractivity contribution is 8.00. The first-order valence-corrected chi connectivity index (χ1v) is 16.0. The van der Waals surface area contributed by atoms with Gasteiger partial charge in [0.15, 0.2) is 4.34 Å². The maximum Gasteiger partial charge on any atom is 0.301 e. The number of thioether (sulfide) groups is 1. The highest BCUT2D eigenvalue weighted by atomic mass is 32.2. The first-order valence-electron chi connectivity index (χ1n) is 14.2. The molecule has 2 unspecified atom stereocenters. The van der Waals surface area contributed by atoms with Crippen LogP contribution < -0.4 is 9.64 Å². The number of fused-ring (bicyclic) bond motifs is 1. The Morgan fingerprint density at radius 2 is 1.77 bits per heavy atom. The monoisotopic (exact) mass is 611 g/mol. The topological polar surface area (TPSA) is 92.6 Å². The van der Waals surface area contributed by atoms with Gasteiger partial charge in [-0.3, -0.25) is 14.5 Å². The fourth-order valence-corrected chi connectivity index (χ4v) is 7.25. The molecular formula is C34H33N3O4S2. The lowest BCUT2D eigenvalue weighted by atomic mass is 9.85. The predicted octanol–water partition coefficient (Wildman–Crippen LogP) is 7.39. The van der Waals surface area contributed by atoms with Gasteiger partial charge in [0.2, 0.25) is 5.13 Å². The Hall–Kier alpha value is -3.95. The quantitative estimate of drug-likeness (QED) is 0.0799. The molecule has 2 aliphatic rings. The summed E-state index contributed by atoms with van der Waals surface area (Å²) in [4.78, 5) is 28.7. The van der Waals surface area contributed by atoms with Gasteiger partial charge in [-0.15, -0.1) is 10.2 Å². The van der Waals surface area contributed by atoms with Gasteiger partial charge in [-0.05, 0) is 59.7 Å². The normalized spacial score (nSPS) is 19.5. The lowest BCUT2D eigenvalue weighted by molar-refractivity contribution is -0.132. The highest BCUT2D eigenvalue weighted by Crippen LogP contribution is 2.45. The van der Waals surface area contributed by atoms with Crippen molar-refractivity contribution in [2.75, 3.05) is 4.90 Å². The SMILES string of the molecule is Cc1ccc(CSc2nnc(N3C(=O)C(=O)/C(=C(/O)c4ccc5c(c4)CC(C)O5)C3c3ccc(C(C)(C)C)cc3)s2)cc1. The summed E-state index contributed by atoms with van der Waals surface area (Å²) in [5, 5.41) is 20.6. The Balaban J connectivity index is 1.39. The number of ketones is 1. The van der Waals surface area contributed by atoms with Crippen LogP contribution in [0.2, 0.25) is 0 Å². The minimum Gasteiger partial charge on any atom is -0.507 e. The van der Waals surface area contributed by atoms with E-state index in [9.17, 15) is 14.7 Å². The molecule has 2 atom stereocenters. The van der Waals surface area contributed by atoms with Crippen molar-refractivity contribution in [1.82, 2.24) is 10.2 Å². The Bertz CT molecular complexity index is 1740. The standard InChI is InChI=1S/C34H33N3O4S2/c1-19-6-8-21(9-7-19)18-42-33-36-35-32(43-33)37-28(22-10-13-25(14-11-22)34(3,4)5)27(30(39)31(37)40)29(38)23-12-15-26-24(17-23)16-20(2)41-26/h6-15,17,20,28,38H,16,18H2,1-5H3/b29-27+. The lowest BCUT2D eigenvalue weighted by Gasteiger charge is -2.24. The van der Waals surface area contributed by atoms with Crippen LogP contribution in [0.25, 0.3) is 5.76 Å². The molecule has 6 rings (SSSR count). The molecule has 0 saturated carbocycles. The van der Waals surface area contributed by atoms with Gasteiger partial charge in [0.1, 0.15) is 17.6 Å². The third-order valence-electron chi connectivity index (χ3n) is 7.79. The van der Waals surface area contributed by atoms with Gasteiger partial charge < -0.3 is 9.84 Å². The summed E-state index contributed by atoms with van der Waals surface area (Å²) in [6.45, 7) is 10.4. The largest absolute Gasteiger partial charge is 0.507 e. The molecule has 43 heavy (non-hydrogen) atoms. The molecule has 0 aliphatic carbocycles. The number of aliphatic hydroxyl groups excluding tert-OH is 1. The molecule has 1 amide bonds. The van der Waals surface area contributed by atoms with Gasteiger partial charge >= 0.3 is 5.91 Å². The van der Waals surface area contributed by atoms with Crippen LogP contribution in [0.15, 0.2) is 76.6 Å². The third-order valence-corrected chi connectivity index (χ3v) is 9.92. The maximum absolute atomic E-state index is 13.7. The Morgan fingerprint density at radius 3 is 2.47 bits per heavy atom. The molecule has 1 saturated heterocycles. The number of carbonyl (C=O) groups is 2. The van der Waals surface area contributed by atoms with E-state index < -0.39 is 17.7 Å². The van der Waals surface area contributed by atoms with E-state index in [4.69, 9.17) is 4.74 Å². The molecule has 220 valence electrons. The number of aliphatic hydroxyl groups is 1. The minimum atomic E-state index is -0.861. The van der Waals surface area contributed by atoms with E-state index in [-0.39, 0.29) is 22.9 Å². The van der Waals surface area contributed by atoms with Gasteiger partial charge in [-0.25, -0.2) is 0 Å². The van der Waals surface area contributed by atoms with E-state index in [1.54, 1.807) is 12.1 Å². The Labute approximate surface area is 259 Å². The van der Waals surface area contributed by atoms with Crippen molar-refractivity contribution in [2.24, 2.45) is 0 Å². The fourth-order valence-electron chi connectivity index (χ4n) is 5.42. The molecule has 0 radical (unpaired) electrons. The molecule has 1 fully saturated rings. The predicted molar refractivity (Wildman–Crippen MR) is 171 cm³/mol. The average molecular weight is 612 g/mol.